The van der Waals surface area contributed by atoms with E-state index < -0.39 is 10.0 Å². The van der Waals surface area contributed by atoms with Gasteiger partial charge >= 0.3 is 0 Å². The molecule has 5 nitrogen and oxygen atoms in total. The van der Waals surface area contributed by atoms with Crippen molar-refractivity contribution in [3.63, 3.8) is 0 Å². The molecule has 0 radical (unpaired) electrons. The maximum Gasteiger partial charge on any atom is 0.243 e. The molecule has 0 aromatic heterocycles. The molecule has 1 aliphatic rings. The van der Waals surface area contributed by atoms with E-state index in [1.807, 2.05) is 6.07 Å². The molecular weight excluding hydrogens is 288 g/mol. The largest absolute Gasteiger partial charge is 0.381 e. The van der Waals surface area contributed by atoms with Crippen LogP contribution in [0.2, 0.25) is 0 Å². The van der Waals surface area contributed by atoms with E-state index in [0.717, 1.165) is 19.4 Å². The third kappa shape index (κ3) is 3.62. The molecule has 1 aromatic carbocycles. The molecule has 1 saturated heterocycles. The van der Waals surface area contributed by atoms with Crippen molar-refractivity contribution in [2.24, 2.45) is 5.92 Å². The first-order valence-electron chi connectivity index (χ1n) is 7.00. The average molecular weight is 308 g/mol. The van der Waals surface area contributed by atoms with E-state index in [1.54, 1.807) is 26.1 Å². The molecule has 0 N–H and O–H groups in total. The van der Waals surface area contributed by atoms with Crippen LogP contribution in [0.5, 0.6) is 0 Å². The predicted molar refractivity (Wildman–Crippen MR) is 79.3 cm³/mol. The van der Waals surface area contributed by atoms with Crippen LogP contribution in [0.1, 0.15) is 24.0 Å². The van der Waals surface area contributed by atoms with Gasteiger partial charge in [-0.3, -0.25) is 0 Å². The summed E-state index contributed by atoms with van der Waals surface area (Å²) in [5.41, 5.74) is 1.01. The van der Waals surface area contributed by atoms with Crippen molar-refractivity contribution in [1.29, 1.82) is 5.26 Å². The van der Waals surface area contributed by atoms with E-state index in [2.05, 4.69) is 0 Å². The van der Waals surface area contributed by atoms with Crippen molar-refractivity contribution >= 4 is 10.0 Å². The summed E-state index contributed by atoms with van der Waals surface area (Å²) >= 11 is 0. The molecular formula is C15H20N2O3S. The Bertz CT molecular complexity index is 643. The fraction of sp³-hybridized carbons (Fsp3) is 0.533. The number of ether oxygens (including phenoxy) is 1. The maximum atomic E-state index is 12.7. The number of benzene rings is 1. The topological polar surface area (TPSA) is 70.4 Å². The van der Waals surface area contributed by atoms with Crippen LogP contribution >= 0.6 is 0 Å². The first-order chi connectivity index (χ1) is 9.95. The van der Waals surface area contributed by atoms with Crippen LogP contribution in [0.4, 0.5) is 0 Å². The molecule has 1 aromatic rings. The fourth-order valence-electron chi connectivity index (χ4n) is 2.53. The molecule has 1 unspecified atom stereocenters. The first-order valence-corrected chi connectivity index (χ1v) is 8.44. The maximum absolute atomic E-state index is 12.7. The lowest BCUT2D eigenvalue weighted by molar-refractivity contribution is 0.0495. The second kappa shape index (κ2) is 6.56. The molecule has 0 spiro atoms. The van der Waals surface area contributed by atoms with Gasteiger partial charge in [-0.1, -0.05) is 6.07 Å². The van der Waals surface area contributed by atoms with Crippen LogP contribution in [0.3, 0.4) is 0 Å². The van der Waals surface area contributed by atoms with Crippen LogP contribution < -0.4 is 0 Å². The van der Waals surface area contributed by atoms with Gasteiger partial charge in [-0.25, -0.2) is 12.7 Å². The van der Waals surface area contributed by atoms with Crippen molar-refractivity contribution < 1.29 is 13.2 Å². The van der Waals surface area contributed by atoms with Crippen molar-refractivity contribution in [2.45, 2.75) is 24.7 Å². The Kier molecular flexibility index (Phi) is 4.99. The van der Waals surface area contributed by atoms with Gasteiger partial charge < -0.3 is 4.74 Å². The Morgan fingerprint density at radius 3 is 2.86 bits per heavy atom. The molecule has 0 bridgehead atoms. The molecule has 1 atom stereocenters. The van der Waals surface area contributed by atoms with Crippen molar-refractivity contribution in [1.82, 2.24) is 4.31 Å². The zero-order chi connectivity index (χ0) is 15.5. The van der Waals surface area contributed by atoms with Crippen molar-refractivity contribution in [3.05, 3.63) is 29.3 Å². The van der Waals surface area contributed by atoms with E-state index >= 15 is 0 Å². The van der Waals surface area contributed by atoms with Gasteiger partial charge in [-0.2, -0.15) is 5.26 Å². The van der Waals surface area contributed by atoms with Crippen LogP contribution in [0.25, 0.3) is 0 Å². The summed E-state index contributed by atoms with van der Waals surface area (Å²) in [7, 11) is -1.99. The quantitative estimate of drug-likeness (QED) is 0.852. The lowest BCUT2D eigenvalue weighted by Gasteiger charge is -2.27. The standard InChI is InChI=1S/C15H20N2O3S/c1-12-5-6-13(9-16)8-15(12)21(18,19)17(2)10-14-4-3-7-20-11-14/h5-6,8,14H,3-4,7,10-11H2,1-2H3. The molecule has 0 aliphatic carbocycles. The average Bonchev–Trinajstić information content (AvgIpc) is 2.48. The second-order valence-electron chi connectivity index (χ2n) is 5.46. The number of hydrogen-bond acceptors (Lipinski definition) is 4. The zero-order valence-corrected chi connectivity index (χ0v) is 13.2. The molecule has 1 fully saturated rings. The number of nitrogens with zero attached hydrogens (tertiary/aromatic N) is 2. The number of sulfonamides is 1. The summed E-state index contributed by atoms with van der Waals surface area (Å²) in [6.45, 7) is 3.55. The Balaban J connectivity index is 2.22. The van der Waals surface area contributed by atoms with Crippen LogP contribution in [0, 0.1) is 24.2 Å². The molecule has 2 rings (SSSR count). The molecule has 0 saturated carbocycles. The molecule has 6 heteroatoms. The number of aryl methyl sites for hydroxylation is 1. The van der Waals surface area contributed by atoms with Gasteiger partial charge in [0.2, 0.25) is 10.0 Å². The van der Waals surface area contributed by atoms with E-state index in [4.69, 9.17) is 10.00 Å². The van der Waals surface area contributed by atoms with Gasteiger partial charge in [0, 0.05) is 20.2 Å². The predicted octanol–water partition coefficient (Wildman–Crippen LogP) is 1.91. The number of nitriles is 1. The minimum absolute atomic E-state index is 0.209. The normalized spacial score (nSPS) is 19.4. The van der Waals surface area contributed by atoms with E-state index in [-0.39, 0.29) is 10.8 Å². The third-order valence-electron chi connectivity index (χ3n) is 3.78. The fourth-order valence-corrected chi connectivity index (χ4v) is 4.02. The highest BCUT2D eigenvalue weighted by Crippen LogP contribution is 2.23. The lowest BCUT2D eigenvalue weighted by atomic mass is 10.0. The second-order valence-corrected chi connectivity index (χ2v) is 7.47. The van der Waals surface area contributed by atoms with Gasteiger partial charge in [-0.05, 0) is 43.4 Å². The molecule has 1 aliphatic heterocycles. The summed E-state index contributed by atoms with van der Waals surface area (Å²) in [5.74, 6) is 0.234. The number of hydrogen-bond donors (Lipinski definition) is 0. The van der Waals surface area contributed by atoms with Crippen LogP contribution in [0.15, 0.2) is 23.1 Å². The summed E-state index contributed by atoms with van der Waals surface area (Å²) in [6.07, 6.45) is 1.96. The molecule has 0 amide bonds. The Labute approximate surface area is 126 Å². The first kappa shape index (κ1) is 16.0. The summed E-state index contributed by atoms with van der Waals surface area (Å²) in [6, 6.07) is 6.72. The van der Waals surface area contributed by atoms with Crippen molar-refractivity contribution in [2.75, 3.05) is 26.8 Å². The van der Waals surface area contributed by atoms with Gasteiger partial charge in [0.15, 0.2) is 0 Å². The summed E-state index contributed by atoms with van der Waals surface area (Å²) in [4.78, 5) is 0.209. The Morgan fingerprint density at radius 1 is 1.48 bits per heavy atom. The molecule has 114 valence electrons. The summed E-state index contributed by atoms with van der Waals surface area (Å²) < 4.78 is 32.1. The molecule has 1 heterocycles. The lowest BCUT2D eigenvalue weighted by Crippen LogP contribution is -2.35. The highest BCUT2D eigenvalue weighted by molar-refractivity contribution is 7.89. The van der Waals surface area contributed by atoms with E-state index in [1.165, 1.54) is 10.4 Å². The van der Waals surface area contributed by atoms with E-state index in [9.17, 15) is 8.42 Å². The van der Waals surface area contributed by atoms with Gasteiger partial charge in [-0.15, -0.1) is 0 Å². The zero-order valence-electron chi connectivity index (χ0n) is 12.4. The highest BCUT2D eigenvalue weighted by Gasteiger charge is 2.26. The molecule has 21 heavy (non-hydrogen) atoms. The van der Waals surface area contributed by atoms with Gasteiger partial charge in [0.05, 0.1) is 23.1 Å². The third-order valence-corrected chi connectivity index (χ3v) is 5.74. The Morgan fingerprint density at radius 2 is 2.24 bits per heavy atom. The summed E-state index contributed by atoms with van der Waals surface area (Å²) in [5, 5.41) is 8.94. The minimum Gasteiger partial charge on any atom is -0.381 e. The number of rotatable bonds is 4. The highest BCUT2D eigenvalue weighted by atomic mass is 32.2. The smallest absolute Gasteiger partial charge is 0.243 e. The SMILES string of the molecule is Cc1ccc(C#N)cc1S(=O)(=O)N(C)CC1CCCOC1. The van der Waals surface area contributed by atoms with Crippen molar-refractivity contribution in [3.8, 4) is 6.07 Å². The van der Waals surface area contributed by atoms with Crippen LogP contribution in [-0.4, -0.2) is 39.5 Å². The van der Waals surface area contributed by atoms with Gasteiger partial charge in [0.1, 0.15) is 0 Å². The van der Waals surface area contributed by atoms with E-state index in [0.29, 0.717) is 24.3 Å². The monoisotopic (exact) mass is 308 g/mol. The van der Waals surface area contributed by atoms with Crippen LogP contribution in [-0.2, 0) is 14.8 Å². The van der Waals surface area contributed by atoms with Gasteiger partial charge in [0.25, 0.3) is 0 Å². The Hall–Kier alpha value is -1.42. The minimum atomic E-state index is -3.57.